The van der Waals surface area contributed by atoms with Crippen LogP contribution in [0.15, 0.2) is 24.3 Å². The summed E-state index contributed by atoms with van der Waals surface area (Å²) in [7, 11) is 1.45. The van der Waals surface area contributed by atoms with Crippen LogP contribution < -0.4 is 0 Å². The first-order valence-corrected chi connectivity index (χ1v) is 4.68. The maximum atomic E-state index is 10.7. The molecular weight excluding hydrogens is 184 g/mol. The van der Waals surface area contributed by atoms with E-state index in [1.165, 1.54) is 24.6 Å². The number of hydrogen-bond acceptors (Lipinski definition) is 3. The van der Waals surface area contributed by atoms with Crippen molar-refractivity contribution >= 4 is 27.8 Å². The van der Waals surface area contributed by atoms with Gasteiger partial charge in [0.2, 0.25) is 6.21 Å². The van der Waals surface area contributed by atoms with Gasteiger partial charge in [-0.2, -0.15) is 0 Å². The van der Waals surface area contributed by atoms with E-state index in [1.807, 2.05) is 24.3 Å². The Kier molecular flexibility index (Phi) is 1.98. The van der Waals surface area contributed by atoms with Crippen molar-refractivity contribution in [2.24, 2.45) is 0 Å². The molecule has 0 aliphatic carbocycles. The maximum absolute atomic E-state index is 10.7. The molecule has 1 heterocycles. The van der Waals surface area contributed by atoms with E-state index in [0.717, 1.165) is 20.0 Å². The first kappa shape index (κ1) is 8.19. The molecule has 0 N–H and O–H groups in total. The van der Waals surface area contributed by atoms with Crippen LogP contribution in [0.25, 0.3) is 10.2 Å². The second-order valence-corrected chi connectivity index (χ2v) is 3.76. The topological polar surface area (TPSA) is 39.0 Å². The Balaban J connectivity index is 2.56. The number of aromatic nitrogens is 1. The summed E-state index contributed by atoms with van der Waals surface area (Å²) < 4.78 is 1.87. The molecule has 1 aromatic carbocycles. The standard InChI is InChI=1S/C9H8N2OS/c1-11(12)6-9-10-7-4-2-3-5-8(7)13-9/h2-6H,1H3/b11-6-. The second kappa shape index (κ2) is 3.14. The van der Waals surface area contributed by atoms with Crippen LogP contribution in [0.1, 0.15) is 5.01 Å². The Hall–Kier alpha value is -1.42. The molecule has 0 fully saturated rings. The molecule has 1 aromatic heterocycles. The zero-order chi connectivity index (χ0) is 9.26. The highest BCUT2D eigenvalue weighted by molar-refractivity contribution is 7.20. The van der Waals surface area contributed by atoms with E-state index in [1.54, 1.807) is 0 Å². The minimum absolute atomic E-state index is 0.749. The van der Waals surface area contributed by atoms with Crippen molar-refractivity contribution in [1.82, 2.24) is 4.98 Å². The molecule has 0 unspecified atom stereocenters. The first-order chi connectivity index (χ1) is 6.25. The van der Waals surface area contributed by atoms with Gasteiger partial charge < -0.3 is 5.21 Å². The van der Waals surface area contributed by atoms with E-state index in [9.17, 15) is 5.21 Å². The zero-order valence-electron chi connectivity index (χ0n) is 7.10. The number of benzene rings is 1. The van der Waals surface area contributed by atoms with E-state index in [2.05, 4.69) is 4.98 Å². The fourth-order valence-electron chi connectivity index (χ4n) is 1.10. The maximum Gasteiger partial charge on any atom is 0.210 e. The lowest BCUT2D eigenvalue weighted by molar-refractivity contribution is -0.416. The monoisotopic (exact) mass is 192 g/mol. The van der Waals surface area contributed by atoms with Crippen LogP contribution in [0.2, 0.25) is 0 Å². The molecule has 0 bridgehead atoms. The number of rotatable bonds is 1. The van der Waals surface area contributed by atoms with Crippen LogP contribution in [0.4, 0.5) is 0 Å². The van der Waals surface area contributed by atoms with Crippen LogP contribution in [-0.4, -0.2) is 23.0 Å². The molecule has 0 saturated heterocycles. The molecule has 0 atom stereocenters. The summed E-state index contributed by atoms with van der Waals surface area (Å²) in [5.41, 5.74) is 0.945. The van der Waals surface area contributed by atoms with Crippen molar-refractivity contribution in [3.8, 4) is 0 Å². The third-order valence-corrected chi connectivity index (χ3v) is 2.57. The van der Waals surface area contributed by atoms with E-state index in [4.69, 9.17) is 0 Å². The van der Waals surface area contributed by atoms with E-state index in [0.29, 0.717) is 0 Å². The summed E-state index contributed by atoms with van der Waals surface area (Å²) in [4.78, 5) is 4.27. The molecule has 0 spiro atoms. The largest absolute Gasteiger partial charge is 0.624 e. The third-order valence-electron chi connectivity index (χ3n) is 1.60. The van der Waals surface area contributed by atoms with Gasteiger partial charge >= 0.3 is 0 Å². The van der Waals surface area contributed by atoms with Crippen molar-refractivity contribution in [2.75, 3.05) is 7.05 Å². The Morgan fingerprint density at radius 1 is 1.46 bits per heavy atom. The lowest BCUT2D eigenvalue weighted by Crippen LogP contribution is -1.96. The van der Waals surface area contributed by atoms with Gasteiger partial charge in [-0.15, -0.1) is 11.3 Å². The molecule has 3 nitrogen and oxygen atoms in total. The number of nitrogens with zero attached hydrogens (tertiary/aromatic N) is 2. The Morgan fingerprint density at radius 2 is 2.23 bits per heavy atom. The highest BCUT2D eigenvalue weighted by atomic mass is 32.1. The van der Waals surface area contributed by atoms with E-state index < -0.39 is 0 Å². The fraction of sp³-hybridized carbons (Fsp3) is 0.111. The molecule has 0 amide bonds. The van der Waals surface area contributed by atoms with E-state index >= 15 is 0 Å². The van der Waals surface area contributed by atoms with Crippen LogP contribution in [0.5, 0.6) is 0 Å². The normalized spacial score (nSPS) is 12.2. The van der Waals surface area contributed by atoms with Crippen molar-refractivity contribution in [1.29, 1.82) is 0 Å². The van der Waals surface area contributed by atoms with Crippen molar-refractivity contribution < 1.29 is 4.74 Å². The third kappa shape index (κ3) is 1.67. The van der Waals surface area contributed by atoms with Gasteiger partial charge in [0.1, 0.15) is 7.05 Å². The lowest BCUT2D eigenvalue weighted by atomic mass is 10.3. The Morgan fingerprint density at radius 3 is 2.92 bits per heavy atom. The summed E-state index contributed by atoms with van der Waals surface area (Å²) >= 11 is 1.52. The Labute approximate surface area is 79.6 Å². The van der Waals surface area contributed by atoms with Gasteiger partial charge in [0, 0.05) is 0 Å². The fourth-order valence-corrected chi connectivity index (χ4v) is 2.04. The highest BCUT2D eigenvalue weighted by Gasteiger charge is 2.01. The van der Waals surface area contributed by atoms with Crippen LogP contribution in [0, 0.1) is 5.21 Å². The predicted octanol–water partition coefficient (Wildman–Crippen LogP) is 1.86. The van der Waals surface area contributed by atoms with Gasteiger partial charge in [-0.05, 0) is 12.1 Å². The molecule has 0 aliphatic heterocycles. The van der Waals surface area contributed by atoms with Crippen LogP contribution in [-0.2, 0) is 0 Å². The molecule has 0 aliphatic rings. The highest BCUT2D eigenvalue weighted by Crippen LogP contribution is 2.19. The SMILES string of the molecule is C/[N+]([O-])=C/c1nc2ccccc2s1. The number of hydroxylamine groups is 1. The second-order valence-electron chi connectivity index (χ2n) is 2.70. The number of thiazole rings is 1. The van der Waals surface area contributed by atoms with Crippen molar-refractivity contribution in [3.63, 3.8) is 0 Å². The summed E-state index contributed by atoms with van der Waals surface area (Å²) in [5, 5.41) is 11.5. The molecule has 13 heavy (non-hydrogen) atoms. The molecule has 2 aromatic rings. The number of hydrogen-bond donors (Lipinski definition) is 0. The molecule has 2 rings (SSSR count). The lowest BCUT2D eigenvalue weighted by Gasteiger charge is -1.89. The summed E-state index contributed by atoms with van der Waals surface area (Å²) in [5.74, 6) is 0. The summed E-state index contributed by atoms with van der Waals surface area (Å²) in [6, 6.07) is 7.83. The predicted molar refractivity (Wildman–Crippen MR) is 54.3 cm³/mol. The molecule has 4 heteroatoms. The van der Waals surface area contributed by atoms with Crippen LogP contribution >= 0.6 is 11.3 Å². The number of fused-ring (bicyclic) bond motifs is 1. The van der Waals surface area contributed by atoms with Gasteiger partial charge in [0.05, 0.1) is 10.2 Å². The van der Waals surface area contributed by atoms with Crippen molar-refractivity contribution in [3.05, 3.63) is 34.5 Å². The smallest absolute Gasteiger partial charge is 0.210 e. The van der Waals surface area contributed by atoms with Gasteiger partial charge in [-0.1, -0.05) is 12.1 Å². The minimum atomic E-state index is 0.749. The zero-order valence-corrected chi connectivity index (χ0v) is 7.91. The van der Waals surface area contributed by atoms with Gasteiger partial charge in [0.25, 0.3) is 0 Å². The van der Waals surface area contributed by atoms with Crippen molar-refractivity contribution in [2.45, 2.75) is 0 Å². The average molecular weight is 192 g/mol. The molecule has 0 radical (unpaired) electrons. The molecule has 66 valence electrons. The first-order valence-electron chi connectivity index (χ1n) is 3.86. The van der Waals surface area contributed by atoms with E-state index in [-0.39, 0.29) is 0 Å². The average Bonchev–Trinajstić information content (AvgIpc) is 2.44. The summed E-state index contributed by atoms with van der Waals surface area (Å²) in [6.45, 7) is 0. The number of para-hydroxylation sites is 1. The van der Waals surface area contributed by atoms with Crippen LogP contribution in [0.3, 0.4) is 0 Å². The minimum Gasteiger partial charge on any atom is -0.624 e. The quantitative estimate of drug-likeness (QED) is 0.299. The van der Waals surface area contributed by atoms with Gasteiger partial charge in [-0.3, -0.25) is 0 Å². The van der Waals surface area contributed by atoms with Gasteiger partial charge in [0.15, 0.2) is 5.01 Å². The summed E-state index contributed by atoms with van der Waals surface area (Å²) in [6.07, 6.45) is 1.48. The molecule has 0 saturated carbocycles. The molecular formula is C9H8N2OS. The Bertz CT molecular complexity index is 424. The van der Waals surface area contributed by atoms with Gasteiger partial charge in [-0.25, -0.2) is 9.72 Å².